The zero-order chi connectivity index (χ0) is 26.2. The van der Waals surface area contributed by atoms with E-state index in [1.54, 1.807) is 0 Å². The van der Waals surface area contributed by atoms with E-state index in [-0.39, 0.29) is 45.8 Å². The lowest BCUT2D eigenvalue weighted by atomic mass is 9.85. The fourth-order valence-corrected chi connectivity index (χ4v) is 6.94. The zero-order valence-electron chi connectivity index (χ0n) is 20.0. The zero-order valence-corrected chi connectivity index (χ0v) is 21.7. The number of fused-ring (bicyclic) bond motifs is 1. The first-order chi connectivity index (χ1) is 17.8. The van der Waals surface area contributed by atoms with Gasteiger partial charge in [-0.05, 0) is 72.9 Å². The monoisotopic (exact) mass is 538 g/mol. The molecule has 1 aromatic carbocycles. The number of aryl methyl sites for hydroxylation is 1. The molecule has 37 heavy (non-hydrogen) atoms. The van der Waals surface area contributed by atoms with Gasteiger partial charge in [-0.25, -0.2) is 17.9 Å². The van der Waals surface area contributed by atoms with Crippen molar-refractivity contribution in [3.63, 3.8) is 0 Å². The van der Waals surface area contributed by atoms with Crippen LogP contribution < -0.4 is 10.3 Å². The van der Waals surface area contributed by atoms with Crippen molar-refractivity contribution < 1.29 is 22.7 Å². The highest BCUT2D eigenvalue weighted by atomic mass is 32.2. The minimum atomic E-state index is -3.84. The van der Waals surface area contributed by atoms with Crippen molar-refractivity contribution in [3.8, 4) is 11.8 Å². The molecule has 0 saturated heterocycles. The predicted octanol–water partition coefficient (Wildman–Crippen LogP) is 4.60. The van der Waals surface area contributed by atoms with Crippen molar-refractivity contribution in [2.45, 2.75) is 62.3 Å². The van der Waals surface area contributed by atoms with Crippen molar-refractivity contribution in [1.82, 2.24) is 4.72 Å². The standard InChI is InChI=1S/C27H26N2O6S2/c28-14-16-6-10-18(11-7-16)37(33,34)29-15-22-19(12-13-36-22)23(17-8-9-17)25-26(31)24-20(30)4-2-1-3-5-21(24)35-27(25)32/h6-7,10-13,17,23,29,31H,1-5,8-9,15H2. The lowest BCUT2D eigenvalue weighted by molar-refractivity contribution is 0.0968. The number of hydrogen-bond donors (Lipinski definition) is 2. The number of ketones is 1. The van der Waals surface area contributed by atoms with Gasteiger partial charge >= 0.3 is 5.63 Å². The molecule has 0 aliphatic heterocycles. The summed E-state index contributed by atoms with van der Waals surface area (Å²) in [4.78, 5) is 26.8. The number of sulfonamides is 1. The molecule has 2 aromatic heterocycles. The Hall–Kier alpha value is -3.26. The minimum absolute atomic E-state index is 0.00544. The average molecular weight is 539 g/mol. The van der Waals surface area contributed by atoms with Crippen molar-refractivity contribution in [2.24, 2.45) is 5.92 Å². The molecule has 192 valence electrons. The van der Waals surface area contributed by atoms with Gasteiger partial charge < -0.3 is 9.52 Å². The van der Waals surface area contributed by atoms with E-state index in [1.807, 2.05) is 17.5 Å². The maximum Gasteiger partial charge on any atom is 0.343 e. The molecule has 10 heteroatoms. The third-order valence-corrected chi connectivity index (χ3v) is 9.38. The van der Waals surface area contributed by atoms with Crippen LogP contribution in [0, 0.1) is 17.2 Å². The molecule has 1 saturated carbocycles. The number of thiophene rings is 1. The number of nitriles is 1. The van der Waals surface area contributed by atoms with Gasteiger partial charge in [-0.15, -0.1) is 11.3 Å². The van der Waals surface area contributed by atoms with Crippen LogP contribution in [0.5, 0.6) is 5.75 Å². The largest absolute Gasteiger partial charge is 0.506 e. The smallest absolute Gasteiger partial charge is 0.343 e. The second-order valence-corrected chi connectivity index (χ2v) is 12.3. The van der Waals surface area contributed by atoms with E-state index in [0.717, 1.165) is 37.7 Å². The molecule has 8 nitrogen and oxygen atoms in total. The predicted molar refractivity (Wildman–Crippen MR) is 137 cm³/mol. The first-order valence-corrected chi connectivity index (χ1v) is 14.6. The summed E-state index contributed by atoms with van der Waals surface area (Å²) in [6, 6.07) is 9.44. The van der Waals surface area contributed by atoms with Crippen LogP contribution in [0.15, 0.2) is 49.8 Å². The topological polar surface area (TPSA) is 137 Å². The van der Waals surface area contributed by atoms with E-state index in [9.17, 15) is 23.1 Å². The maximum atomic E-state index is 13.2. The Balaban J connectivity index is 1.49. The fraction of sp³-hybridized carbons (Fsp3) is 0.370. The van der Waals surface area contributed by atoms with Gasteiger partial charge in [0, 0.05) is 30.2 Å². The lowest BCUT2D eigenvalue weighted by Gasteiger charge is -2.21. The van der Waals surface area contributed by atoms with E-state index in [4.69, 9.17) is 9.68 Å². The summed E-state index contributed by atoms with van der Waals surface area (Å²) >= 11 is 1.36. The van der Waals surface area contributed by atoms with E-state index >= 15 is 0 Å². The summed E-state index contributed by atoms with van der Waals surface area (Å²) in [5.74, 6) is -0.663. The molecule has 2 N–H and O–H groups in total. The molecule has 1 fully saturated rings. The minimum Gasteiger partial charge on any atom is -0.506 e. The van der Waals surface area contributed by atoms with Crippen molar-refractivity contribution in [3.05, 3.63) is 79.0 Å². The molecule has 2 aliphatic rings. The van der Waals surface area contributed by atoms with Crippen LogP contribution in [0.3, 0.4) is 0 Å². The van der Waals surface area contributed by atoms with Gasteiger partial charge in [0.05, 0.1) is 27.7 Å². The molecule has 1 unspecified atom stereocenters. The average Bonchev–Trinajstić information content (AvgIpc) is 3.60. The van der Waals surface area contributed by atoms with Crippen LogP contribution in [-0.4, -0.2) is 19.3 Å². The second-order valence-electron chi connectivity index (χ2n) is 9.51. The Labute approximate surface area is 218 Å². The molecule has 0 spiro atoms. The number of hydrogen-bond acceptors (Lipinski definition) is 8. The van der Waals surface area contributed by atoms with E-state index in [1.165, 1.54) is 35.6 Å². The normalized spacial score (nSPS) is 16.9. The summed E-state index contributed by atoms with van der Waals surface area (Å²) in [6.45, 7) is -0.00544. The number of aromatic hydroxyl groups is 1. The van der Waals surface area contributed by atoms with Crippen LogP contribution in [0.1, 0.15) is 82.1 Å². The second kappa shape index (κ2) is 10.2. The Morgan fingerprint density at radius 1 is 1.11 bits per heavy atom. The molecule has 1 atom stereocenters. The first-order valence-electron chi connectivity index (χ1n) is 12.3. The maximum absolute atomic E-state index is 13.2. The summed E-state index contributed by atoms with van der Waals surface area (Å²) in [5.41, 5.74) is 0.677. The van der Waals surface area contributed by atoms with Gasteiger partial charge in [0.2, 0.25) is 10.0 Å². The molecule has 5 rings (SSSR count). The van der Waals surface area contributed by atoms with E-state index in [2.05, 4.69) is 4.72 Å². The van der Waals surface area contributed by atoms with Crippen molar-refractivity contribution in [1.29, 1.82) is 5.26 Å². The number of nitrogens with zero attached hydrogens (tertiary/aromatic N) is 1. The third kappa shape index (κ3) is 5.12. The van der Waals surface area contributed by atoms with Crippen LogP contribution in [0.25, 0.3) is 0 Å². The molecular formula is C27H26N2O6S2. The Bertz CT molecular complexity index is 1540. The van der Waals surface area contributed by atoms with E-state index in [0.29, 0.717) is 23.3 Å². The number of rotatable bonds is 7. The number of benzene rings is 1. The van der Waals surface area contributed by atoms with Crippen molar-refractivity contribution >= 4 is 27.1 Å². The lowest BCUT2D eigenvalue weighted by Crippen LogP contribution is -2.24. The molecular weight excluding hydrogens is 512 g/mol. The van der Waals surface area contributed by atoms with Gasteiger partial charge in [-0.2, -0.15) is 5.26 Å². The number of carbonyl (C=O) groups excluding carboxylic acids is 1. The number of carbonyl (C=O) groups is 1. The Morgan fingerprint density at radius 3 is 2.54 bits per heavy atom. The Kier molecular flexibility index (Phi) is 7.03. The first kappa shape index (κ1) is 25.4. The molecule has 0 radical (unpaired) electrons. The number of Topliss-reactive ketones (excluding diaryl/α,β-unsaturated/α-hetero) is 1. The van der Waals surface area contributed by atoms with Crippen LogP contribution in [-0.2, 0) is 23.0 Å². The quantitative estimate of drug-likeness (QED) is 0.448. The van der Waals surface area contributed by atoms with Gasteiger partial charge in [0.1, 0.15) is 11.5 Å². The highest BCUT2D eigenvalue weighted by molar-refractivity contribution is 7.89. The van der Waals surface area contributed by atoms with Crippen LogP contribution in [0.2, 0.25) is 0 Å². The van der Waals surface area contributed by atoms with Gasteiger partial charge in [-0.3, -0.25) is 4.79 Å². The van der Waals surface area contributed by atoms with Crippen molar-refractivity contribution in [2.75, 3.05) is 0 Å². The third-order valence-electron chi connectivity index (χ3n) is 7.03. The summed E-state index contributed by atoms with van der Waals surface area (Å²) in [7, 11) is -3.84. The highest BCUT2D eigenvalue weighted by Gasteiger charge is 2.40. The van der Waals surface area contributed by atoms with Gasteiger partial charge in [0.25, 0.3) is 0 Å². The van der Waals surface area contributed by atoms with E-state index < -0.39 is 21.6 Å². The summed E-state index contributed by atoms with van der Waals surface area (Å²) in [5, 5.41) is 22.1. The SMILES string of the molecule is N#Cc1ccc(S(=O)(=O)NCc2sccc2C(c2c(O)c3c(oc2=O)CCCCCC3=O)C2CC2)cc1. The summed E-state index contributed by atoms with van der Waals surface area (Å²) < 4.78 is 34.0. The van der Waals surface area contributed by atoms with Crippen LogP contribution in [0.4, 0.5) is 0 Å². The molecule has 2 aliphatic carbocycles. The fourth-order valence-electron chi connectivity index (χ4n) is 4.99. The summed E-state index contributed by atoms with van der Waals surface area (Å²) in [6.07, 6.45) is 4.79. The highest BCUT2D eigenvalue weighted by Crippen LogP contribution is 2.50. The molecule has 0 amide bonds. The van der Waals surface area contributed by atoms with Gasteiger partial charge in [-0.1, -0.05) is 6.42 Å². The molecule has 2 heterocycles. The molecule has 0 bridgehead atoms. The van der Waals surface area contributed by atoms with Crippen LogP contribution >= 0.6 is 11.3 Å². The molecule has 3 aromatic rings. The Morgan fingerprint density at radius 2 is 1.84 bits per heavy atom. The van der Waals surface area contributed by atoms with Gasteiger partial charge in [0.15, 0.2) is 5.78 Å². The number of nitrogens with one attached hydrogen (secondary N) is 1.